The molecule has 2 heterocycles. The van der Waals surface area contributed by atoms with Gasteiger partial charge in [-0.2, -0.15) is 13.2 Å². The van der Waals surface area contributed by atoms with Gasteiger partial charge in [0.2, 0.25) is 0 Å². The molecular formula is C16H16F3N5O4. The molecule has 28 heavy (non-hydrogen) atoms. The van der Waals surface area contributed by atoms with Crippen LogP contribution in [0.3, 0.4) is 0 Å². The van der Waals surface area contributed by atoms with Crippen LogP contribution in [0.2, 0.25) is 0 Å². The molecule has 3 amide bonds. The Morgan fingerprint density at radius 2 is 2.04 bits per heavy atom. The van der Waals surface area contributed by atoms with Gasteiger partial charge in [0.05, 0.1) is 6.33 Å². The molecule has 2 aromatic rings. The summed E-state index contributed by atoms with van der Waals surface area (Å²) in [6, 6.07) is 5.04. The van der Waals surface area contributed by atoms with Crippen molar-refractivity contribution in [2.75, 3.05) is 11.9 Å². The Morgan fingerprint density at radius 3 is 2.64 bits per heavy atom. The lowest BCUT2D eigenvalue weighted by atomic mass is 10.1. The number of nitrogens with one attached hydrogen (secondary N) is 3. The molecule has 1 aliphatic rings. The molecule has 0 saturated carbocycles. The number of urea groups is 1. The molecular weight excluding hydrogens is 383 g/mol. The fourth-order valence-electron chi connectivity index (χ4n) is 2.15. The molecule has 4 N–H and O–H groups in total. The Bertz CT molecular complexity index is 852. The van der Waals surface area contributed by atoms with Crippen LogP contribution >= 0.6 is 0 Å². The number of carboxylic acid groups (broad SMARTS) is 1. The number of imidazole rings is 1. The van der Waals surface area contributed by atoms with Gasteiger partial charge in [-0.1, -0.05) is 6.07 Å². The van der Waals surface area contributed by atoms with Crippen molar-refractivity contribution in [1.29, 1.82) is 0 Å². The molecule has 0 unspecified atom stereocenters. The van der Waals surface area contributed by atoms with Gasteiger partial charge in [-0.05, 0) is 17.7 Å². The molecule has 0 fully saturated rings. The van der Waals surface area contributed by atoms with Crippen molar-refractivity contribution in [2.45, 2.75) is 19.3 Å². The highest BCUT2D eigenvalue weighted by molar-refractivity contribution is 5.98. The van der Waals surface area contributed by atoms with E-state index in [2.05, 4.69) is 20.9 Å². The summed E-state index contributed by atoms with van der Waals surface area (Å²) in [6.45, 7) is 1.65. The zero-order valence-corrected chi connectivity index (χ0v) is 14.3. The number of fused-ring (bicyclic) bond motifs is 1. The number of hydrogen-bond donors (Lipinski definition) is 4. The zero-order valence-electron chi connectivity index (χ0n) is 14.3. The minimum atomic E-state index is -5.08. The third-order valence-electron chi connectivity index (χ3n) is 3.52. The Morgan fingerprint density at radius 1 is 1.32 bits per heavy atom. The Balaban J connectivity index is 0.000000345. The topological polar surface area (TPSA) is 125 Å². The first-order chi connectivity index (χ1) is 13.2. The van der Waals surface area contributed by atoms with E-state index in [4.69, 9.17) is 9.90 Å². The minimum absolute atomic E-state index is 0.161. The number of carbonyl (C=O) groups is 3. The van der Waals surface area contributed by atoms with Gasteiger partial charge in [0.25, 0.3) is 5.91 Å². The smallest absolute Gasteiger partial charge is 0.475 e. The molecule has 0 spiro atoms. The van der Waals surface area contributed by atoms with Crippen molar-refractivity contribution in [3.05, 3.63) is 48.0 Å². The van der Waals surface area contributed by atoms with Crippen LogP contribution in [-0.4, -0.2) is 45.3 Å². The van der Waals surface area contributed by atoms with Gasteiger partial charge in [0.1, 0.15) is 0 Å². The van der Waals surface area contributed by atoms with E-state index >= 15 is 0 Å². The summed E-state index contributed by atoms with van der Waals surface area (Å²) in [4.78, 5) is 36.2. The first-order valence-electron chi connectivity index (χ1n) is 7.88. The van der Waals surface area contributed by atoms with Crippen molar-refractivity contribution in [3.8, 4) is 0 Å². The molecule has 150 valence electrons. The van der Waals surface area contributed by atoms with E-state index in [-0.39, 0.29) is 11.9 Å². The maximum absolute atomic E-state index is 12.1. The quantitative estimate of drug-likeness (QED) is 0.621. The zero-order chi connectivity index (χ0) is 20.7. The van der Waals surface area contributed by atoms with Crippen molar-refractivity contribution in [1.82, 2.24) is 20.2 Å². The highest BCUT2D eigenvalue weighted by atomic mass is 19.4. The van der Waals surface area contributed by atoms with Gasteiger partial charge >= 0.3 is 18.2 Å². The number of aromatic nitrogens is 2. The average molecular weight is 399 g/mol. The van der Waals surface area contributed by atoms with Gasteiger partial charge in [-0.3, -0.25) is 4.79 Å². The molecule has 3 rings (SSSR count). The van der Waals surface area contributed by atoms with Gasteiger partial charge in [-0.15, -0.1) is 0 Å². The standard InChI is InChI=1S/C14H15N5O2.C2HF3O2/c20-13(16-4-6-19-5-3-15-9-19)10-1-2-11-8-17-14(21)18-12(11)7-10;3-2(4,5)1(6)7/h1-3,5,7,9H,4,6,8H2,(H,16,20)(H2,17,18,21);(H,6,7). The number of aliphatic carboxylic acids is 1. The number of hydrogen-bond acceptors (Lipinski definition) is 4. The number of alkyl halides is 3. The van der Waals surface area contributed by atoms with E-state index in [1.165, 1.54) is 0 Å². The molecule has 12 heteroatoms. The van der Waals surface area contributed by atoms with Crippen LogP contribution in [0.1, 0.15) is 15.9 Å². The summed E-state index contributed by atoms with van der Waals surface area (Å²) in [5.74, 6) is -2.92. The van der Waals surface area contributed by atoms with Crippen molar-refractivity contribution in [2.24, 2.45) is 0 Å². The lowest BCUT2D eigenvalue weighted by Gasteiger charge is -2.18. The molecule has 0 radical (unpaired) electrons. The van der Waals surface area contributed by atoms with Crippen LogP contribution in [-0.2, 0) is 17.9 Å². The monoisotopic (exact) mass is 399 g/mol. The number of rotatable bonds is 4. The Labute approximate surface area is 156 Å². The van der Waals surface area contributed by atoms with E-state index in [9.17, 15) is 22.8 Å². The molecule has 1 aromatic carbocycles. The lowest BCUT2D eigenvalue weighted by molar-refractivity contribution is -0.192. The van der Waals surface area contributed by atoms with Crippen LogP contribution in [0, 0.1) is 0 Å². The van der Waals surface area contributed by atoms with Crippen molar-refractivity contribution < 1.29 is 32.7 Å². The number of halogens is 3. The molecule has 0 bridgehead atoms. The van der Waals surface area contributed by atoms with E-state index < -0.39 is 12.1 Å². The van der Waals surface area contributed by atoms with Gasteiger partial charge < -0.3 is 25.6 Å². The van der Waals surface area contributed by atoms with Crippen LogP contribution in [0.15, 0.2) is 36.9 Å². The molecule has 0 atom stereocenters. The maximum atomic E-state index is 12.1. The molecule has 0 saturated heterocycles. The number of anilines is 1. The predicted octanol–water partition coefficient (Wildman–Crippen LogP) is 1.58. The van der Waals surface area contributed by atoms with Crippen LogP contribution in [0.4, 0.5) is 23.7 Å². The fraction of sp³-hybridized carbons (Fsp3) is 0.250. The normalized spacial score (nSPS) is 12.6. The van der Waals surface area contributed by atoms with Crippen LogP contribution < -0.4 is 16.0 Å². The van der Waals surface area contributed by atoms with Gasteiger partial charge in [0.15, 0.2) is 0 Å². The van der Waals surface area contributed by atoms with E-state index in [0.717, 1.165) is 5.56 Å². The highest BCUT2D eigenvalue weighted by Crippen LogP contribution is 2.20. The van der Waals surface area contributed by atoms with Gasteiger partial charge in [0, 0.05) is 43.3 Å². The number of carbonyl (C=O) groups excluding carboxylic acids is 2. The number of benzene rings is 1. The second-order valence-corrected chi connectivity index (χ2v) is 5.54. The van der Waals surface area contributed by atoms with Crippen LogP contribution in [0.5, 0.6) is 0 Å². The third kappa shape index (κ3) is 6.00. The van der Waals surface area contributed by atoms with E-state index in [0.29, 0.717) is 30.9 Å². The molecule has 1 aliphatic heterocycles. The summed E-state index contributed by atoms with van der Waals surface area (Å²) < 4.78 is 33.6. The molecule has 9 nitrogen and oxygen atoms in total. The summed E-state index contributed by atoms with van der Waals surface area (Å²) >= 11 is 0. The minimum Gasteiger partial charge on any atom is -0.475 e. The summed E-state index contributed by atoms with van der Waals surface area (Å²) in [7, 11) is 0. The summed E-state index contributed by atoms with van der Waals surface area (Å²) in [5, 5.41) is 15.3. The Hall–Kier alpha value is -3.57. The van der Waals surface area contributed by atoms with Gasteiger partial charge in [-0.25, -0.2) is 14.6 Å². The summed E-state index contributed by atoms with van der Waals surface area (Å²) in [6.07, 6.45) is 0.156. The maximum Gasteiger partial charge on any atom is 0.490 e. The third-order valence-corrected chi connectivity index (χ3v) is 3.52. The number of amides is 3. The van der Waals surface area contributed by atoms with Crippen molar-refractivity contribution in [3.63, 3.8) is 0 Å². The predicted molar refractivity (Wildman–Crippen MR) is 90.6 cm³/mol. The van der Waals surface area contributed by atoms with E-state index in [1.807, 2.05) is 16.8 Å². The number of carboxylic acids is 1. The average Bonchev–Trinajstić information content (AvgIpc) is 3.14. The number of nitrogens with zero attached hydrogens (tertiary/aromatic N) is 2. The summed E-state index contributed by atoms with van der Waals surface area (Å²) in [5.41, 5.74) is 2.17. The van der Waals surface area contributed by atoms with Crippen molar-refractivity contribution >= 4 is 23.6 Å². The largest absolute Gasteiger partial charge is 0.490 e. The fourth-order valence-corrected chi connectivity index (χ4v) is 2.15. The lowest BCUT2D eigenvalue weighted by Crippen LogP contribution is -2.34. The highest BCUT2D eigenvalue weighted by Gasteiger charge is 2.38. The van der Waals surface area contributed by atoms with E-state index in [1.54, 1.807) is 24.7 Å². The first kappa shape index (κ1) is 20.7. The Kier molecular flexibility index (Phi) is 6.58. The second-order valence-electron chi connectivity index (χ2n) is 5.54. The molecule has 0 aliphatic carbocycles. The SMILES string of the molecule is O=C(O)C(F)(F)F.O=C1NCc2ccc(C(=O)NCCn3ccnc3)cc2N1. The first-order valence-corrected chi connectivity index (χ1v) is 7.88. The molecule has 1 aromatic heterocycles. The second kappa shape index (κ2) is 8.88. The van der Waals surface area contributed by atoms with Crippen LogP contribution in [0.25, 0.3) is 0 Å².